The summed E-state index contributed by atoms with van der Waals surface area (Å²) >= 11 is 6.15. The van der Waals surface area contributed by atoms with Gasteiger partial charge < -0.3 is 10.2 Å². The van der Waals surface area contributed by atoms with Crippen molar-refractivity contribution in [2.75, 3.05) is 39.3 Å². The molecule has 2 aromatic rings. The van der Waals surface area contributed by atoms with Crippen molar-refractivity contribution < 1.29 is 9.59 Å². The molecule has 2 amide bonds. The number of aromatic nitrogens is 2. The first-order valence-electron chi connectivity index (χ1n) is 11.0. The lowest BCUT2D eigenvalue weighted by Gasteiger charge is -2.34. The van der Waals surface area contributed by atoms with Crippen LogP contribution in [0.15, 0.2) is 30.5 Å². The molecule has 168 valence electrons. The molecule has 31 heavy (non-hydrogen) atoms. The van der Waals surface area contributed by atoms with Gasteiger partial charge >= 0.3 is 0 Å². The van der Waals surface area contributed by atoms with E-state index in [1.54, 1.807) is 10.9 Å². The van der Waals surface area contributed by atoms with E-state index in [1.807, 2.05) is 29.2 Å². The van der Waals surface area contributed by atoms with Crippen LogP contribution in [0.1, 0.15) is 55.6 Å². The lowest BCUT2D eigenvalue weighted by atomic mass is 10.0. The van der Waals surface area contributed by atoms with Gasteiger partial charge in [0, 0.05) is 37.7 Å². The predicted molar refractivity (Wildman–Crippen MR) is 123 cm³/mol. The van der Waals surface area contributed by atoms with Gasteiger partial charge in [0.15, 0.2) is 0 Å². The Morgan fingerprint density at radius 2 is 1.94 bits per heavy atom. The summed E-state index contributed by atoms with van der Waals surface area (Å²) in [4.78, 5) is 29.3. The standard InChI is InChI=1S/C23H32ClN5O2/c1-4-5-9-25-21(30)16-27-10-12-28(13-11-27)23(31)20-15-26-29(22(20)17(2)3)19-8-6-7-18(24)14-19/h6-8,14-15,17H,4-5,9-13,16H2,1-3H3,(H,25,30). The average Bonchev–Trinajstić information content (AvgIpc) is 3.19. The normalized spacial score (nSPS) is 14.8. The lowest BCUT2D eigenvalue weighted by molar-refractivity contribution is -0.122. The topological polar surface area (TPSA) is 70.5 Å². The Labute approximate surface area is 189 Å². The van der Waals surface area contributed by atoms with E-state index in [-0.39, 0.29) is 17.7 Å². The first-order valence-corrected chi connectivity index (χ1v) is 11.4. The first-order chi connectivity index (χ1) is 14.9. The summed E-state index contributed by atoms with van der Waals surface area (Å²) in [7, 11) is 0. The predicted octanol–water partition coefficient (Wildman–Crippen LogP) is 3.32. The third-order valence-corrected chi connectivity index (χ3v) is 5.75. The highest BCUT2D eigenvalue weighted by Gasteiger charge is 2.28. The van der Waals surface area contributed by atoms with Crippen molar-refractivity contribution in [3.05, 3.63) is 46.7 Å². The second kappa shape index (κ2) is 10.8. The van der Waals surface area contributed by atoms with E-state index in [2.05, 4.69) is 36.1 Å². The van der Waals surface area contributed by atoms with Crippen LogP contribution in [0, 0.1) is 0 Å². The van der Waals surface area contributed by atoms with Crippen molar-refractivity contribution >= 4 is 23.4 Å². The number of nitrogens with zero attached hydrogens (tertiary/aromatic N) is 4. The van der Waals surface area contributed by atoms with E-state index in [0.717, 1.165) is 30.8 Å². The van der Waals surface area contributed by atoms with E-state index in [1.165, 1.54) is 0 Å². The van der Waals surface area contributed by atoms with Gasteiger partial charge in [-0.1, -0.05) is 44.9 Å². The number of carbonyl (C=O) groups excluding carboxylic acids is 2. The summed E-state index contributed by atoms with van der Waals surface area (Å²) in [6, 6.07) is 7.48. The summed E-state index contributed by atoms with van der Waals surface area (Å²) in [5, 5.41) is 8.08. The van der Waals surface area contributed by atoms with Gasteiger partial charge in [0.25, 0.3) is 5.91 Å². The average molecular weight is 446 g/mol. The molecule has 1 aliphatic heterocycles. The molecule has 0 radical (unpaired) electrons. The molecule has 1 fully saturated rings. The van der Waals surface area contributed by atoms with Crippen LogP contribution in [0.25, 0.3) is 5.69 Å². The van der Waals surface area contributed by atoms with Gasteiger partial charge in [-0.05, 0) is 30.5 Å². The van der Waals surface area contributed by atoms with Gasteiger partial charge in [0.1, 0.15) is 0 Å². The third-order valence-electron chi connectivity index (χ3n) is 5.52. The number of halogens is 1. The van der Waals surface area contributed by atoms with Crippen LogP contribution < -0.4 is 5.32 Å². The molecule has 0 aliphatic carbocycles. The van der Waals surface area contributed by atoms with E-state index < -0.39 is 0 Å². The fourth-order valence-corrected chi connectivity index (χ4v) is 4.02. The van der Waals surface area contributed by atoms with E-state index in [0.29, 0.717) is 43.3 Å². The molecule has 2 heterocycles. The number of benzene rings is 1. The molecule has 3 rings (SSSR count). The van der Waals surface area contributed by atoms with Crippen molar-refractivity contribution in [1.29, 1.82) is 0 Å². The molecule has 7 nitrogen and oxygen atoms in total. The molecule has 0 saturated carbocycles. The fraction of sp³-hybridized carbons (Fsp3) is 0.522. The molecule has 0 atom stereocenters. The van der Waals surface area contributed by atoms with Crippen molar-refractivity contribution in [2.45, 2.75) is 39.5 Å². The Hall–Kier alpha value is -2.38. The molecular weight excluding hydrogens is 414 g/mol. The van der Waals surface area contributed by atoms with Crippen LogP contribution in [0.2, 0.25) is 5.02 Å². The monoisotopic (exact) mass is 445 g/mol. The van der Waals surface area contributed by atoms with E-state index in [4.69, 9.17) is 11.6 Å². The van der Waals surface area contributed by atoms with Crippen molar-refractivity contribution in [2.24, 2.45) is 0 Å². The van der Waals surface area contributed by atoms with Gasteiger partial charge in [0.05, 0.1) is 29.7 Å². The number of unbranched alkanes of at least 4 members (excludes halogenated alkanes) is 1. The van der Waals surface area contributed by atoms with Crippen molar-refractivity contribution in [3.8, 4) is 5.69 Å². The molecular formula is C23H32ClN5O2. The number of rotatable bonds is 8. The number of hydrogen-bond donors (Lipinski definition) is 1. The molecule has 0 bridgehead atoms. The zero-order valence-electron chi connectivity index (χ0n) is 18.6. The number of piperazine rings is 1. The Bertz CT molecular complexity index is 903. The molecule has 1 aromatic carbocycles. The smallest absolute Gasteiger partial charge is 0.257 e. The highest BCUT2D eigenvalue weighted by molar-refractivity contribution is 6.30. The molecule has 1 saturated heterocycles. The zero-order valence-corrected chi connectivity index (χ0v) is 19.4. The highest BCUT2D eigenvalue weighted by Crippen LogP contribution is 2.25. The van der Waals surface area contributed by atoms with Gasteiger partial charge in [0.2, 0.25) is 5.91 Å². The van der Waals surface area contributed by atoms with E-state index in [9.17, 15) is 9.59 Å². The fourth-order valence-electron chi connectivity index (χ4n) is 3.83. The van der Waals surface area contributed by atoms with Crippen LogP contribution >= 0.6 is 11.6 Å². The van der Waals surface area contributed by atoms with Crippen LogP contribution in [-0.2, 0) is 4.79 Å². The molecule has 1 aromatic heterocycles. The quantitative estimate of drug-likeness (QED) is 0.633. The highest BCUT2D eigenvalue weighted by atomic mass is 35.5. The number of carbonyl (C=O) groups is 2. The minimum absolute atomic E-state index is 0.0102. The number of amides is 2. The summed E-state index contributed by atoms with van der Waals surface area (Å²) in [6.45, 7) is 9.90. The molecule has 1 aliphatic rings. The lowest BCUT2D eigenvalue weighted by Crippen LogP contribution is -2.51. The van der Waals surface area contributed by atoms with Crippen LogP contribution in [0.5, 0.6) is 0 Å². The maximum absolute atomic E-state index is 13.3. The Balaban J connectivity index is 1.65. The van der Waals surface area contributed by atoms with Gasteiger partial charge in [-0.25, -0.2) is 4.68 Å². The minimum atomic E-state index is -0.0102. The SMILES string of the molecule is CCCCNC(=O)CN1CCN(C(=O)c2cnn(-c3cccc(Cl)c3)c2C(C)C)CC1. The van der Waals surface area contributed by atoms with Crippen LogP contribution in [-0.4, -0.2) is 70.7 Å². The van der Waals surface area contributed by atoms with E-state index >= 15 is 0 Å². The summed E-state index contributed by atoms with van der Waals surface area (Å²) in [5.74, 6) is 0.163. The van der Waals surface area contributed by atoms with Crippen LogP contribution in [0.3, 0.4) is 0 Å². The number of nitrogens with one attached hydrogen (secondary N) is 1. The maximum atomic E-state index is 13.3. The molecule has 1 N–H and O–H groups in total. The van der Waals surface area contributed by atoms with Crippen molar-refractivity contribution in [1.82, 2.24) is 24.9 Å². The molecule has 8 heteroatoms. The number of hydrogen-bond acceptors (Lipinski definition) is 4. The zero-order chi connectivity index (χ0) is 22.4. The maximum Gasteiger partial charge on any atom is 0.257 e. The minimum Gasteiger partial charge on any atom is -0.355 e. The van der Waals surface area contributed by atoms with Crippen LogP contribution in [0.4, 0.5) is 0 Å². The second-order valence-corrected chi connectivity index (χ2v) is 8.70. The summed E-state index contributed by atoms with van der Waals surface area (Å²) in [6.07, 6.45) is 3.72. The second-order valence-electron chi connectivity index (χ2n) is 8.26. The summed E-state index contributed by atoms with van der Waals surface area (Å²) < 4.78 is 1.81. The molecule has 0 unspecified atom stereocenters. The van der Waals surface area contributed by atoms with Gasteiger partial charge in [-0.3, -0.25) is 14.5 Å². The van der Waals surface area contributed by atoms with Gasteiger partial charge in [-0.15, -0.1) is 0 Å². The Morgan fingerprint density at radius 3 is 2.58 bits per heavy atom. The van der Waals surface area contributed by atoms with Gasteiger partial charge in [-0.2, -0.15) is 5.10 Å². The first kappa shape index (κ1) is 23.3. The summed E-state index contributed by atoms with van der Waals surface area (Å²) in [5.41, 5.74) is 2.35. The Morgan fingerprint density at radius 1 is 1.19 bits per heavy atom. The molecule has 0 spiro atoms. The third kappa shape index (κ3) is 5.86. The van der Waals surface area contributed by atoms with Crippen molar-refractivity contribution in [3.63, 3.8) is 0 Å². The largest absolute Gasteiger partial charge is 0.355 e. The Kier molecular flexibility index (Phi) is 8.09.